The molecule has 0 aromatic carbocycles. The first-order valence-electron chi connectivity index (χ1n) is 4.83. The average Bonchev–Trinajstić information content (AvgIpc) is 2.84. The van der Waals surface area contributed by atoms with E-state index in [0.29, 0.717) is 32.1 Å². The summed E-state index contributed by atoms with van der Waals surface area (Å²) in [6.07, 6.45) is 4.12. The van der Waals surface area contributed by atoms with Gasteiger partial charge in [-0.1, -0.05) is 12.8 Å². The molecule has 0 amide bonds. The van der Waals surface area contributed by atoms with Crippen LogP contribution in [0, 0.1) is 11.3 Å². The Morgan fingerprint density at radius 1 is 1.29 bits per heavy atom. The summed E-state index contributed by atoms with van der Waals surface area (Å²) in [5, 5.41) is 8.26. The molecule has 0 saturated heterocycles. The largest absolute Gasteiger partial charge is 0.308 e. The summed E-state index contributed by atoms with van der Waals surface area (Å²) in [6.45, 7) is 0. The van der Waals surface area contributed by atoms with Crippen LogP contribution in [0.2, 0.25) is 0 Å². The SMILES string of the molecule is N#CCCCCCC1(S(=O)(=O)F)CC1. The lowest BCUT2D eigenvalue weighted by Gasteiger charge is -2.08. The summed E-state index contributed by atoms with van der Waals surface area (Å²) in [4.78, 5) is 0. The minimum absolute atomic E-state index is 0.414. The van der Waals surface area contributed by atoms with Crippen molar-refractivity contribution in [1.29, 1.82) is 5.26 Å². The first-order chi connectivity index (χ1) is 6.52. The van der Waals surface area contributed by atoms with Crippen molar-refractivity contribution in [3.63, 3.8) is 0 Å². The van der Waals surface area contributed by atoms with Gasteiger partial charge in [-0.15, -0.1) is 3.89 Å². The van der Waals surface area contributed by atoms with Crippen LogP contribution >= 0.6 is 0 Å². The number of halogens is 1. The molecule has 0 N–H and O–H groups in total. The maximum absolute atomic E-state index is 12.7. The van der Waals surface area contributed by atoms with E-state index in [9.17, 15) is 12.3 Å². The van der Waals surface area contributed by atoms with Crippen molar-refractivity contribution >= 4 is 10.2 Å². The molecule has 3 nitrogen and oxygen atoms in total. The van der Waals surface area contributed by atoms with Crippen LogP contribution < -0.4 is 0 Å². The molecule has 80 valence electrons. The van der Waals surface area contributed by atoms with E-state index < -0.39 is 15.0 Å². The lowest BCUT2D eigenvalue weighted by atomic mass is 10.1. The number of hydrogen-bond donors (Lipinski definition) is 0. The summed E-state index contributed by atoms with van der Waals surface area (Å²) < 4.78 is 33.1. The fraction of sp³-hybridized carbons (Fsp3) is 0.889. The standard InChI is InChI=1S/C9H14FNO2S/c10-14(12,13)9(6-7-9)5-3-1-2-4-8-11/h1-7H2. The smallest absolute Gasteiger partial charge is 0.198 e. The van der Waals surface area contributed by atoms with Crippen LogP contribution in [0.25, 0.3) is 0 Å². The van der Waals surface area contributed by atoms with E-state index in [1.807, 2.05) is 6.07 Å². The molecular weight excluding hydrogens is 205 g/mol. The Bertz CT molecular complexity index is 327. The molecule has 1 saturated carbocycles. The van der Waals surface area contributed by atoms with E-state index in [0.717, 1.165) is 12.8 Å². The van der Waals surface area contributed by atoms with Crippen LogP contribution in [-0.4, -0.2) is 13.2 Å². The van der Waals surface area contributed by atoms with E-state index in [-0.39, 0.29) is 0 Å². The van der Waals surface area contributed by atoms with E-state index in [4.69, 9.17) is 5.26 Å². The molecule has 0 heterocycles. The van der Waals surface area contributed by atoms with Gasteiger partial charge in [0.05, 0.1) is 6.07 Å². The zero-order chi connectivity index (χ0) is 10.7. The second-order valence-corrected chi connectivity index (χ2v) is 5.58. The van der Waals surface area contributed by atoms with E-state index >= 15 is 0 Å². The fourth-order valence-electron chi connectivity index (χ4n) is 1.58. The van der Waals surface area contributed by atoms with E-state index in [2.05, 4.69) is 0 Å². The molecule has 1 fully saturated rings. The van der Waals surface area contributed by atoms with Crippen LogP contribution in [0.5, 0.6) is 0 Å². The van der Waals surface area contributed by atoms with Gasteiger partial charge >= 0.3 is 10.2 Å². The number of unbranched alkanes of at least 4 members (excludes halogenated alkanes) is 3. The van der Waals surface area contributed by atoms with Crippen molar-refractivity contribution < 1.29 is 12.3 Å². The highest BCUT2D eigenvalue weighted by molar-refractivity contribution is 7.88. The molecule has 0 radical (unpaired) electrons. The van der Waals surface area contributed by atoms with Gasteiger partial charge in [-0.25, -0.2) is 0 Å². The molecular formula is C9H14FNO2S. The number of hydrogen-bond acceptors (Lipinski definition) is 3. The molecule has 1 aliphatic carbocycles. The maximum atomic E-state index is 12.7. The number of rotatable bonds is 6. The van der Waals surface area contributed by atoms with Gasteiger partial charge in [0, 0.05) is 6.42 Å². The summed E-state index contributed by atoms with van der Waals surface area (Å²) in [5.74, 6) is 0. The Labute approximate surface area is 84.1 Å². The van der Waals surface area contributed by atoms with Crippen LogP contribution in [0.15, 0.2) is 0 Å². The van der Waals surface area contributed by atoms with E-state index in [1.165, 1.54) is 0 Å². The summed E-state index contributed by atoms with van der Waals surface area (Å²) in [7, 11) is -4.35. The van der Waals surface area contributed by atoms with Crippen molar-refractivity contribution in [2.45, 2.75) is 49.7 Å². The van der Waals surface area contributed by atoms with Gasteiger partial charge in [-0.05, 0) is 25.7 Å². The van der Waals surface area contributed by atoms with Crippen molar-refractivity contribution in [2.75, 3.05) is 0 Å². The van der Waals surface area contributed by atoms with Crippen molar-refractivity contribution in [3.05, 3.63) is 0 Å². The van der Waals surface area contributed by atoms with Crippen molar-refractivity contribution in [3.8, 4) is 6.07 Å². The molecule has 0 aliphatic heterocycles. The summed E-state index contributed by atoms with van der Waals surface area (Å²) >= 11 is 0. The third kappa shape index (κ3) is 2.68. The second kappa shape index (κ2) is 4.26. The van der Waals surface area contributed by atoms with Crippen LogP contribution in [0.3, 0.4) is 0 Å². The highest BCUT2D eigenvalue weighted by Gasteiger charge is 2.54. The Kier molecular flexibility index (Phi) is 3.48. The van der Waals surface area contributed by atoms with Crippen LogP contribution in [0.1, 0.15) is 44.9 Å². The monoisotopic (exact) mass is 219 g/mol. The van der Waals surface area contributed by atoms with Crippen molar-refractivity contribution in [1.82, 2.24) is 0 Å². The summed E-state index contributed by atoms with van der Waals surface area (Å²) in [6, 6.07) is 2.02. The minimum atomic E-state index is -4.35. The maximum Gasteiger partial charge on any atom is 0.308 e. The second-order valence-electron chi connectivity index (χ2n) is 3.84. The first kappa shape index (κ1) is 11.4. The predicted octanol–water partition coefficient (Wildman–Crippen LogP) is 2.29. The van der Waals surface area contributed by atoms with Gasteiger partial charge < -0.3 is 0 Å². The molecule has 5 heteroatoms. The molecule has 0 aromatic heterocycles. The third-order valence-electron chi connectivity index (χ3n) is 2.75. The van der Waals surface area contributed by atoms with Gasteiger partial charge in [-0.3, -0.25) is 0 Å². The minimum Gasteiger partial charge on any atom is -0.198 e. The quantitative estimate of drug-likeness (QED) is 0.508. The molecule has 1 rings (SSSR count). The highest BCUT2D eigenvalue weighted by Crippen LogP contribution is 2.48. The lowest BCUT2D eigenvalue weighted by Crippen LogP contribution is -2.18. The van der Waals surface area contributed by atoms with Crippen molar-refractivity contribution in [2.24, 2.45) is 0 Å². The molecule has 14 heavy (non-hydrogen) atoms. The summed E-state index contributed by atoms with van der Waals surface area (Å²) in [5.41, 5.74) is 0. The Morgan fingerprint density at radius 2 is 1.93 bits per heavy atom. The molecule has 0 aromatic rings. The Hall–Kier alpha value is -0.630. The van der Waals surface area contributed by atoms with Crippen LogP contribution in [-0.2, 0) is 10.2 Å². The predicted molar refractivity (Wildman–Crippen MR) is 50.7 cm³/mol. The van der Waals surface area contributed by atoms with Gasteiger partial charge in [0.2, 0.25) is 0 Å². The zero-order valence-electron chi connectivity index (χ0n) is 8.00. The Morgan fingerprint density at radius 3 is 2.36 bits per heavy atom. The first-order valence-corrected chi connectivity index (χ1v) is 6.21. The topological polar surface area (TPSA) is 57.9 Å². The average molecular weight is 219 g/mol. The Balaban J connectivity index is 2.23. The molecule has 0 bridgehead atoms. The van der Waals surface area contributed by atoms with Gasteiger partial charge in [-0.2, -0.15) is 13.7 Å². The highest BCUT2D eigenvalue weighted by atomic mass is 32.3. The lowest BCUT2D eigenvalue weighted by molar-refractivity contribution is 0.512. The number of nitriles is 1. The molecule has 0 atom stereocenters. The normalized spacial score (nSPS) is 18.9. The number of nitrogens with zero attached hydrogens (tertiary/aromatic N) is 1. The van der Waals surface area contributed by atoms with Gasteiger partial charge in [0.15, 0.2) is 0 Å². The van der Waals surface area contributed by atoms with Gasteiger partial charge in [0.1, 0.15) is 4.75 Å². The third-order valence-corrected chi connectivity index (χ3v) is 4.39. The molecule has 0 unspecified atom stereocenters. The van der Waals surface area contributed by atoms with Crippen LogP contribution in [0.4, 0.5) is 3.89 Å². The fourth-order valence-corrected chi connectivity index (χ4v) is 2.56. The molecule has 1 aliphatic rings. The van der Waals surface area contributed by atoms with Gasteiger partial charge in [0.25, 0.3) is 0 Å². The van der Waals surface area contributed by atoms with E-state index in [1.54, 1.807) is 0 Å². The zero-order valence-corrected chi connectivity index (χ0v) is 8.82. The molecule has 0 spiro atoms.